The molecule has 6 heteroatoms. The summed E-state index contributed by atoms with van der Waals surface area (Å²) in [6, 6.07) is 0. The van der Waals surface area contributed by atoms with Crippen LogP contribution in [0.3, 0.4) is 0 Å². The van der Waals surface area contributed by atoms with Gasteiger partial charge in [0.05, 0.1) is 0 Å². The van der Waals surface area contributed by atoms with Crippen molar-refractivity contribution in [1.82, 2.24) is 0 Å². The second kappa shape index (κ2) is 6.78. The molecule has 0 aromatic carbocycles. The first kappa shape index (κ1) is 10.7. The number of carbonyl (C=O) groups is 1. The van der Waals surface area contributed by atoms with Gasteiger partial charge in [-0.05, 0) is 0 Å². The number of rotatable bonds is 0. The molecule has 0 rings (SSSR count). The van der Waals surface area contributed by atoms with Gasteiger partial charge in [0.25, 0.3) is 5.97 Å². The molecular weight excluding hydrogens is 177 g/mol. The molecule has 0 aromatic rings. The summed E-state index contributed by atoms with van der Waals surface area (Å²) < 4.78 is 29.1. The fourth-order valence-electron chi connectivity index (χ4n) is 0. The molecule has 0 amide bonds. The van der Waals surface area contributed by atoms with Crippen molar-refractivity contribution in [2.75, 3.05) is 0 Å². The van der Waals surface area contributed by atoms with E-state index < -0.39 is 21.2 Å². The normalized spacial score (nSPS) is 8.75. The molecule has 56 valence electrons. The van der Waals surface area contributed by atoms with Gasteiger partial charge in [-0.15, -0.1) is 0 Å². The average molecular weight is 181 g/mol. The zero-order valence-electron chi connectivity index (χ0n) is 3.79. The van der Waals surface area contributed by atoms with Crippen molar-refractivity contribution in [3.8, 4) is 0 Å². The van der Waals surface area contributed by atoms with Crippen molar-refractivity contribution in [1.29, 1.82) is 0 Å². The van der Waals surface area contributed by atoms with Gasteiger partial charge in [0.15, 0.2) is 0 Å². The van der Waals surface area contributed by atoms with E-state index in [1.54, 1.807) is 0 Å². The van der Waals surface area contributed by atoms with Crippen molar-refractivity contribution in [2.45, 2.75) is 6.92 Å². The number of carboxylic acid groups (broad SMARTS) is 1. The molecule has 0 unspecified atom stereocenters. The molecule has 0 fully saturated rings. The van der Waals surface area contributed by atoms with Gasteiger partial charge in [-0.25, -0.2) is 0 Å². The van der Waals surface area contributed by atoms with Gasteiger partial charge < -0.3 is 5.11 Å². The van der Waals surface area contributed by atoms with E-state index in [0.717, 1.165) is 6.92 Å². The van der Waals surface area contributed by atoms with Crippen molar-refractivity contribution in [3.05, 3.63) is 0 Å². The van der Waals surface area contributed by atoms with Crippen molar-refractivity contribution < 1.29 is 35.8 Å². The van der Waals surface area contributed by atoms with Crippen LogP contribution in [-0.2, 0) is 20.1 Å². The minimum absolute atomic E-state index is 0.833. The third kappa shape index (κ3) is 2710. The number of hydrogen-bond acceptors (Lipinski definition) is 1. The van der Waals surface area contributed by atoms with Crippen LogP contribution >= 0.6 is 0 Å². The molecule has 0 spiro atoms. The Morgan fingerprint density at radius 2 is 1.50 bits per heavy atom. The summed E-state index contributed by atoms with van der Waals surface area (Å²) in [6.07, 6.45) is 0. The summed E-state index contributed by atoms with van der Waals surface area (Å²) >= 11 is -3.81. The van der Waals surface area contributed by atoms with Gasteiger partial charge in [0.2, 0.25) is 0 Å². The number of halogens is 3. The van der Waals surface area contributed by atoms with Gasteiger partial charge in [-0.1, -0.05) is 0 Å². The van der Waals surface area contributed by atoms with Crippen LogP contribution in [0.4, 0.5) is 10.7 Å². The summed E-state index contributed by atoms with van der Waals surface area (Å²) in [5, 5.41) is 7.42. The Kier molecular flexibility index (Phi) is 9.07. The standard InChI is InChI=1S/C2H4O2.Cu.3FH/c1-2(3)4;;;;/h1H3,(H,3,4);;3*1H/q;+3;;;/p-3. The Morgan fingerprint density at radius 3 is 1.50 bits per heavy atom. The summed E-state index contributed by atoms with van der Waals surface area (Å²) in [5.74, 6) is -0.833. The quantitative estimate of drug-likeness (QED) is 0.572. The van der Waals surface area contributed by atoms with E-state index in [1.807, 2.05) is 0 Å². The van der Waals surface area contributed by atoms with E-state index in [0.29, 0.717) is 0 Å². The van der Waals surface area contributed by atoms with Crippen molar-refractivity contribution in [3.63, 3.8) is 0 Å². The van der Waals surface area contributed by atoms with E-state index in [-0.39, 0.29) is 0 Å². The molecule has 1 N–H and O–H groups in total. The first-order valence-electron chi connectivity index (χ1n) is 1.27. The average Bonchev–Trinajstić information content (AvgIpc) is 1.25. The molecule has 0 radical (unpaired) electrons. The third-order valence-corrected chi connectivity index (χ3v) is 0. The van der Waals surface area contributed by atoms with E-state index in [2.05, 4.69) is 0 Å². The molecule has 0 saturated carbocycles. The van der Waals surface area contributed by atoms with Crippen LogP contribution in [0.5, 0.6) is 0 Å². The Morgan fingerprint density at radius 1 is 1.50 bits per heavy atom. The molecular formula is C2H4CuF3O2. The Hall–Kier alpha value is -0.221. The monoisotopic (exact) mass is 180 g/mol. The SMILES string of the molecule is CC(=O)O.[F][Cu]([F])[F]. The third-order valence-electron chi connectivity index (χ3n) is 0. The summed E-state index contributed by atoms with van der Waals surface area (Å²) in [4.78, 5) is 9.00. The molecule has 2 nitrogen and oxygen atoms in total. The van der Waals surface area contributed by atoms with Crippen molar-refractivity contribution >= 4 is 5.97 Å². The second-order valence-electron chi connectivity index (χ2n) is 0.648. The first-order chi connectivity index (χ1) is 3.46. The van der Waals surface area contributed by atoms with Gasteiger partial charge in [-0.2, -0.15) is 0 Å². The van der Waals surface area contributed by atoms with Crippen LogP contribution in [0.25, 0.3) is 0 Å². The maximum atomic E-state index is 9.69. The Labute approximate surface area is 49.6 Å². The molecule has 0 heterocycles. The van der Waals surface area contributed by atoms with Crippen LogP contribution in [-0.4, -0.2) is 11.1 Å². The van der Waals surface area contributed by atoms with E-state index >= 15 is 0 Å². The van der Waals surface area contributed by atoms with Gasteiger partial charge in [-0.3, -0.25) is 4.79 Å². The van der Waals surface area contributed by atoms with E-state index in [9.17, 15) is 10.7 Å². The summed E-state index contributed by atoms with van der Waals surface area (Å²) in [6.45, 7) is 1.08. The molecule has 0 atom stereocenters. The molecule has 0 aromatic heterocycles. The molecule has 0 bridgehead atoms. The predicted octanol–water partition coefficient (Wildman–Crippen LogP) is 1.35. The minimum atomic E-state index is -3.81. The molecule has 8 heavy (non-hydrogen) atoms. The van der Waals surface area contributed by atoms with Gasteiger partial charge in [0.1, 0.15) is 0 Å². The maximum absolute atomic E-state index is 9.69. The van der Waals surface area contributed by atoms with Crippen molar-refractivity contribution in [2.24, 2.45) is 0 Å². The van der Waals surface area contributed by atoms with Crippen LogP contribution in [0.2, 0.25) is 0 Å². The zero-order chi connectivity index (χ0) is 7.15. The number of hydrogen-bond donors (Lipinski definition) is 1. The van der Waals surface area contributed by atoms with Crippen LogP contribution < -0.4 is 0 Å². The predicted molar refractivity (Wildman–Crippen MR) is 16.6 cm³/mol. The van der Waals surface area contributed by atoms with Gasteiger partial charge in [0, 0.05) is 6.92 Å². The second-order valence-corrected chi connectivity index (χ2v) is 1.05. The van der Waals surface area contributed by atoms with Gasteiger partial charge >= 0.3 is 25.9 Å². The fraction of sp³-hybridized carbons (Fsp3) is 0.500. The molecule has 0 saturated heterocycles. The number of carboxylic acids is 1. The molecule has 0 aliphatic heterocycles. The molecule has 0 aliphatic carbocycles. The first-order valence-corrected chi connectivity index (χ1v) is 2.34. The topological polar surface area (TPSA) is 37.3 Å². The van der Waals surface area contributed by atoms with Crippen LogP contribution in [0.15, 0.2) is 0 Å². The summed E-state index contributed by atoms with van der Waals surface area (Å²) in [7, 11) is 0. The molecule has 0 aliphatic rings. The zero-order valence-corrected chi connectivity index (χ0v) is 4.73. The van der Waals surface area contributed by atoms with E-state index in [4.69, 9.17) is 9.90 Å². The number of aliphatic carboxylic acids is 1. The summed E-state index contributed by atoms with van der Waals surface area (Å²) in [5.41, 5.74) is 0. The van der Waals surface area contributed by atoms with Crippen LogP contribution in [0.1, 0.15) is 6.92 Å². The van der Waals surface area contributed by atoms with Crippen LogP contribution in [0, 0.1) is 0 Å². The van der Waals surface area contributed by atoms with E-state index in [1.165, 1.54) is 0 Å². The fourth-order valence-corrected chi connectivity index (χ4v) is 0. The Bertz CT molecular complexity index is 59.5. The Balaban J connectivity index is 0.